The number of nitrogens with one attached hydrogen (secondary N) is 2. The molecule has 1 rings (SSSR count). The van der Waals surface area contributed by atoms with Gasteiger partial charge < -0.3 is 10.6 Å². The molecule has 124 valence electrons. The van der Waals surface area contributed by atoms with Crippen LogP contribution in [0.5, 0.6) is 0 Å². The molecule has 2 N–H and O–H groups in total. The van der Waals surface area contributed by atoms with Crippen molar-refractivity contribution < 1.29 is 31.1 Å². The van der Waals surface area contributed by atoms with Crippen molar-refractivity contribution in [2.24, 2.45) is 0 Å². The third-order valence-corrected chi connectivity index (χ3v) is 3.32. The lowest BCUT2D eigenvalue weighted by Gasteiger charge is -2.37. The lowest BCUT2D eigenvalue weighted by Crippen LogP contribution is -2.66. The topological polar surface area (TPSA) is 41.1 Å². The van der Waals surface area contributed by atoms with Gasteiger partial charge in [0, 0.05) is 6.92 Å². The summed E-state index contributed by atoms with van der Waals surface area (Å²) in [6.45, 7) is 0.131. The fourth-order valence-corrected chi connectivity index (χ4v) is 1.63. The number of carbonyl (C=O) groups excluding carboxylic acids is 1. The second-order valence-electron chi connectivity index (χ2n) is 4.69. The van der Waals surface area contributed by atoms with Crippen LogP contribution in [0, 0.1) is 5.82 Å². The van der Waals surface area contributed by atoms with Crippen molar-refractivity contribution in [2.75, 3.05) is 5.32 Å². The van der Waals surface area contributed by atoms with E-state index in [4.69, 9.17) is 11.6 Å². The van der Waals surface area contributed by atoms with Crippen LogP contribution >= 0.6 is 11.6 Å². The van der Waals surface area contributed by atoms with E-state index in [1.54, 1.807) is 5.32 Å². The third kappa shape index (κ3) is 3.57. The van der Waals surface area contributed by atoms with Gasteiger partial charge in [0.1, 0.15) is 5.82 Å². The van der Waals surface area contributed by atoms with Gasteiger partial charge in [-0.25, -0.2) is 18.0 Å². The van der Waals surface area contributed by atoms with E-state index in [1.165, 1.54) is 6.07 Å². The summed E-state index contributed by atoms with van der Waals surface area (Å²) in [7, 11) is 0. The highest BCUT2D eigenvalue weighted by atomic mass is 35.5. The molecular formula is C12H11ClF6N2O. The van der Waals surface area contributed by atoms with Gasteiger partial charge in [0.15, 0.2) is 5.54 Å². The van der Waals surface area contributed by atoms with Crippen molar-refractivity contribution in [2.45, 2.75) is 31.5 Å². The number of para-hydroxylation sites is 1. The minimum absolute atomic E-state index is 0.0108. The van der Waals surface area contributed by atoms with Gasteiger partial charge in [-0.1, -0.05) is 17.7 Å². The molecule has 0 bridgehead atoms. The van der Waals surface area contributed by atoms with Crippen LogP contribution in [-0.4, -0.2) is 23.7 Å². The normalized spacial score (nSPS) is 15.1. The average Bonchev–Trinajstić information content (AvgIpc) is 2.31. The molecule has 0 saturated heterocycles. The van der Waals surface area contributed by atoms with Crippen LogP contribution in [0.15, 0.2) is 18.2 Å². The average molecular weight is 349 g/mol. The summed E-state index contributed by atoms with van der Waals surface area (Å²) < 4.78 is 78.4. The molecule has 22 heavy (non-hydrogen) atoms. The molecule has 3 nitrogen and oxygen atoms in total. The smallest absolute Gasteiger partial charge is 0.319 e. The predicted molar refractivity (Wildman–Crippen MR) is 68.6 cm³/mol. The second kappa shape index (κ2) is 5.86. The van der Waals surface area contributed by atoms with E-state index in [-0.39, 0.29) is 18.9 Å². The summed E-state index contributed by atoms with van der Waals surface area (Å²) in [5, 5.41) is 2.51. The fourth-order valence-electron chi connectivity index (χ4n) is 1.42. The fraction of sp³-hybridized carbons (Fsp3) is 0.417. The van der Waals surface area contributed by atoms with Crippen LogP contribution in [0.25, 0.3) is 0 Å². The Kier molecular flexibility index (Phi) is 4.91. The van der Waals surface area contributed by atoms with Crippen LogP contribution in [-0.2, 0) is 0 Å². The number of halogens is 7. The molecular weight excluding hydrogens is 338 g/mol. The Morgan fingerprint density at radius 1 is 1.14 bits per heavy atom. The summed E-state index contributed by atoms with van der Waals surface area (Å²) in [6.07, 6.45) is -5.44. The maximum absolute atomic E-state index is 13.4. The molecule has 1 aromatic carbocycles. The Bertz CT molecular complexity index is 535. The molecule has 1 unspecified atom stereocenters. The van der Waals surface area contributed by atoms with Crippen molar-refractivity contribution in [3.8, 4) is 0 Å². The van der Waals surface area contributed by atoms with E-state index in [0.29, 0.717) is 0 Å². The molecule has 0 aliphatic heterocycles. The summed E-state index contributed by atoms with van der Waals surface area (Å²) in [5.74, 6) is -5.35. The lowest BCUT2D eigenvalue weighted by atomic mass is 9.94. The van der Waals surface area contributed by atoms with Gasteiger partial charge >= 0.3 is 12.2 Å². The van der Waals surface area contributed by atoms with E-state index in [0.717, 1.165) is 17.4 Å². The minimum atomic E-state index is -5.44. The van der Waals surface area contributed by atoms with Gasteiger partial charge in [0.25, 0.3) is 5.92 Å². The van der Waals surface area contributed by atoms with Crippen LogP contribution in [0.2, 0.25) is 5.02 Å². The molecule has 1 aromatic rings. The number of alkyl halides is 5. The molecule has 1 atom stereocenters. The standard InChI is InChI=1S/C12H11ClF6N2O/c1-10(11(2,15)16,12(17,18)19)21-9(22)20-8-6(13)4-3-5-7(8)14/h3-5H,1-2H3,(H2,20,21,22). The lowest BCUT2D eigenvalue weighted by molar-refractivity contribution is -0.249. The summed E-state index contributed by atoms with van der Waals surface area (Å²) >= 11 is 5.57. The first kappa shape index (κ1) is 18.4. The minimum Gasteiger partial charge on any atom is -0.319 e. The van der Waals surface area contributed by atoms with Gasteiger partial charge in [-0.2, -0.15) is 13.2 Å². The second-order valence-corrected chi connectivity index (χ2v) is 5.09. The van der Waals surface area contributed by atoms with Gasteiger partial charge in [-0.05, 0) is 19.1 Å². The zero-order valence-electron chi connectivity index (χ0n) is 11.3. The number of benzene rings is 1. The van der Waals surface area contributed by atoms with E-state index in [9.17, 15) is 31.1 Å². The Hall–Kier alpha value is -1.64. The number of urea groups is 1. The van der Waals surface area contributed by atoms with Crippen LogP contribution in [0.1, 0.15) is 13.8 Å². The van der Waals surface area contributed by atoms with E-state index >= 15 is 0 Å². The monoisotopic (exact) mass is 348 g/mol. The Balaban J connectivity index is 3.04. The van der Waals surface area contributed by atoms with Crippen LogP contribution in [0.3, 0.4) is 0 Å². The van der Waals surface area contributed by atoms with Crippen LogP contribution < -0.4 is 10.6 Å². The van der Waals surface area contributed by atoms with E-state index in [1.807, 2.05) is 0 Å². The van der Waals surface area contributed by atoms with E-state index in [2.05, 4.69) is 0 Å². The maximum Gasteiger partial charge on any atom is 0.417 e. The molecule has 0 saturated carbocycles. The van der Waals surface area contributed by atoms with E-state index < -0.39 is 35.2 Å². The first-order valence-electron chi connectivity index (χ1n) is 5.77. The van der Waals surface area contributed by atoms with Crippen LogP contribution in [0.4, 0.5) is 36.8 Å². The number of anilines is 1. The SMILES string of the molecule is CC(F)(F)C(C)(NC(=O)Nc1c(F)cccc1Cl)C(F)(F)F. The largest absolute Gasteiger partial charge is 0.417 e. The highest BCUT2D eigenvalue weighted by Gasteiger charge is 2.65. The Labute approximate surface area is 126 Å². The zero-order valence-corrected chi connectivity index (χ0v) is 12.0. The highest BCUT2D eigenvalue weighted by molar-refractivity contribution is 6.33. The maximum atomic E-state index is 13.4. The van der Waals surface area contributed by atoms with Crippen molar-refractivity contribution in [1.29, 1.82) is 0 Å². The predicted octanol–water partition coefficient (Wildman–Crippen LogP) is 4.58. The Morgan fingerprint density at radius 2 is 1.68 bits per heavy atom. The molecule has 0 heterocycles. The molecule has 0 fully saturated rings. The number of amides is 2. The van der Waals surface area contributed by atoms with Gasteiger partial charge in [-0.3, -0.25) is 0 Å². The van der Waals surface area contributed by atoms with Gasteiger partial charge in [-0.15, -0.1) is 0 Å². The van der Waals surface area contributed by atoms with Crippen molar-refractivity contribution in [1.82, 2.24) is 5.32 Å². The number of hydrogen-bond acceptors (Lipinski definition) is 1. The summed E-state index contributed by atoms with van der Waals surface area (Å²) in [4.78, 5) is 11.5. The first-order valence-corrected chi connectivity index (χ1v) is 6.15. The molecule has 2 amide bonds. The molecule has 0 radical (unpaired) electrons. The number of carbonyl (C=O) groups is 1. The quantitative estimate of drug-likeness (QED) is 0.771. The molecule has 0 aromatic heterocycles. The van der Waals surface area contributed by atoms with Gasteiger partial charge in [0.2, 0.25) is 0 Å². The molecule has 0 aliphatic carbocycles. The molecule has 0 spiro atoms. The third-order valence-electron chi connectivity index (χ3n) is 3.01. The first-order chi connectivity index (χ1) is 9.79. The number of hydrogen-bond donors (Lipinski definition) is 2. The summed E-state index contributed by atoms with van der Waals surface area (Å²) in [5.41, 5.74) is -4.47. The number of rotatable bonds is 3. The molecule has 0 aliphatic rings. The molecule has 10 heteroatoms. The van der Waals surface area contributed by atoms with Crippen molar-refractivity contribution in [3.63, 3.8) is 0 Å². The highest BCUT2D eigenvalue weighted by Crippen LogP contribution is 2.41. The zero-order chi connectivity index (χ0) is 17.3. The Morgan fingerprint density at radius 3 is 2.09 bits per heavy atom. The summed E-state index contributed by atoms with van der Waals surface area (Å²) in [6, 6.07) is 1.57. The van der Waals surface area contributed by atoms with Crippen molar-refractivity contribution >= 4 is 23.3 Å². The van der Waals surface area contributed by atoms with Crippen molar-refractivity contribution in [3.05, 3.63) is 29.0 Å². The van der Waals surface area contributed by atoms with Gasteiger partial charge in [0.05, 0.1) is 10.7 Å².